The minimum Gasteiger partial charge on any atom is -0.366 e. The third-order valence-corrected chi connectivity index (χ3v) is 16.9. The number of para-hydroxylation sites is 1. The van der Waals surface area contributed by atoms with Crippen molar-refractivity contribution >= 4 is 35.8 Å². The zero-order chi connectivity index (χ0) is 40.5. The molecule has 0 bridgehead atoms. The van der Waals surface area contributed by atoms with E-state index in [4.69, 9.17) is 14.2 Å². The molecule has 3 aliphatic heterocycles. The van der Waals surface area contributed by atoms with Crippen LogP contribution in [0.5, 0.6) is 11.5 Å². The zero-order valence-electron chi connectivity index (χ0n) is 35.5. The fraction of sp³-hybridized carbons (Fsp3) is 0.407. The van der Waals surface area contributed by atoms with Crippen molar-refractivity contribution in [1.29, 1.82) is 0 Å². The van der Waals surface area contributed by atoms with Crippen molar-refractivity contribution in [3.05, 3.63) is 149 Å². The Labute approximate surface area is 367 Å². The second kappa shape index (κ2) is 17.2. The molecular formula is C54H71N3O3P+3. The standard InChI is InChI=1S/C51H59N3O3P.3CH4/c1-36-28-37-32-53-45-26-18-19-27-46(45)54-33-38-30-40(49(2,3)4)31-44(50(5,6)7)48(38)57-51(53,54)56-47(37)39(29-36)34-55-35-58(42-22-14-10-15-23-42,43-24-16-11-17-25-43)52(8)41-20-12-9-13-21-41;;;/h9-17,20-25,28-33,45-46H,18-19,26-27,34-35H2,1-8H3;3*1H4/q+3;;;. The SMILES string of the molecule is C.C.C.Cc1cc2c(c(COCP(c3ccccc3)(c3ccccc3)=[N+](C)c3ccccc3)c1)OC13Oc4c(cc(C(C)(C)C)cc4C(C)(C)C)C=[N+]1C1CCCCC1[N+]3=C2. The topological polar surface area (TPSA) is 36.7 Å². The average molecular weight is 841 g/mol. The second-order valence-electron chi connectivity index (χ2n) is 18.8. The van der Waals surface area contributed by atoms with Gasteiger partial charge in [0.1, 0.15) is 13.4 Å². The molecule has 7 heteroatoms. The summed E-state index contributed by atoms with van der Waals surface area (Å²) in [7, 11) is -0.0813. The van der Waals surface area contributed by atoms with E-state index in [1.165, 1.54) is 40.1 Å². The highest BCUT2D eigenvalue weighted by Gasteiger charge is 2.76. The number of fused-ring (bicyclic) bond motifs is 5. The summed E-state index contributed by atoms with van der Waals surface area (Å²) >= 11 is 0. The van der Waals surface area contributed by atoms with E-state index in [-0.39, 0.29) is 45.2 Å². The summed E-state index contributed by atoms with van der Waals surface area (Å²) in [6.45, 7) is 16.3. The molecule has 0 aromatic heterocycles. The number of ether oxygens (including phenoxy) is 3. The van der Waals surface area contributed by atoms with Gasteiger partial charge in [0, 0.05) is 46.7 Å². The highest BCUT2D eigenvalue weighted by molar-refractivity contribution is 7.78. The first kappa shape index (κ1) is 45.7. The normalized spacial score (nSPS) is 19.9. The molecule has 3 unspecified atom stereocenters. The van der Waals surface area contributed by atoms with Gasteiger partial charge in [0.2, 0.25) is 17.8 Å². The first-order valence-electron chi connectivity index (χ1n) is 21.1. The molecule has 1 spiro atoms. The van der Waals surface area contributed by atoms with E-state index in [1.807, 2.05) is 0 Å². The molecule has 0 N–H and O–H groups in total. The molecule has 9 rings (SSSR count). The molecule has 322 valence electrons. The third kappa shape index (κ3) is 7.85. The van der Waals surface area contributed by atoms with Gasteiger partial charge in [-0.1, -0.05) is 134 Å². The number of hydrogen-bond donors (Lipinski definition) is 0. The summed E-state index contributed by atoms with van der Waals surface area (Å²) < 4.78 is 29.4. The van der Waals surface area contributed by atoms with Crippen LogP contribution in [0.3, 0.4) is 0 Å². The van der Waals surface area contributed by atoms with Gasteiger partial charge < -0.3 is 14.2 Å². The monoisotopic (exact) mass is 841 g/mol. The van der Waals surface area contributed by atoms with Crippen LogP contribution in [-0.4, -0.2) is 57.4 Å². The first-order valence-corrected chi connectivity index (χ1v) is 23.1. The fourth-order valence-corrected chi connectivity index (χ4v) is 13.4. The van der Waals surface area contributed by atoms with E-state index in [1.54, 1.807) is 0 Å². The van der Waals surface area contributed by atoms with E-state index < -0.39 is 13.1 Å². The van der Waals surface area contributed by atoms with Crippen molar-refractivity contribution in [1.82, 2.24) is 0 Å². The Balaban J connectivity index is 0.00000207. The fourth-order valence-electron chi connectivity index (χ4n) is 9.71. The Hall–Kier alpha value is -4.77. The Kier molecular flexibility index (Phi) is 12.9. The van der Waals surface area contributed by atoms with Crippen molar-refractivity contribution in [3.63, 3.8) is 0 Å². The van der Waals surface area contributed by atoms with Crippen LogP contribution in [0.15, 0.2) is 115 Å². The zero-order valence-corrected chi connectivity index (χ0v) is 36.4. The summed E-state index contributed by atoms with van der Waals surface area (Å²) in [5.74, 6) is 1.76. The van der Waals surface area contributed by atoms with Crippen LogP contribution in [-0.2, 0) is 22.2 Å². The second-order valence-corrected chi connectivity index (χ2v) is 22.2. The number of aryl methyl sites for hydroxylation is 1. The number of hydrogen-bond acceptors (Lipinski definition) is 3. The van der Waals surface area contributed by atoms with Gasteiger partial charge in [-0.2, -0.15) is 0 Å². The predicted molar refractivity (Wildman–Crippen MR) is 257 cm³/mol. The van der Waals surface area contributed by atoms with Crippen LogP contribution in [0.25, 0.3) is 0 Å². The molecule has 5 aromatic carbocycles. The van der Waals surface area contributed by atoms with Crippen LogP contribution >= 0.6 is 7.05 Å². The molecule has 3 heterocycles. The Bertz CT molecular complexity index is 2450. The van der Waals surface area contributed by atoms with Gasteiger partial charge in [0.05, 0.1) is 17.7 Å². The first-order chi connectivity index (χ1) is 27.8. The highest BCUT2D eigenvalue weighted by atomic mass is 31.2. The maximum absolute atomic E-state index is 7.50. The quantitative estimate of drug-likeness (QED) is 0.121. The van der Waals surface area contributed by atoms with Gasteiger partial charge in [0.15, 0.2) is 31.0 Å². The van der Waals surface area contributed by atoms with Gasteiger partial charge in [-0.3, -0.25) is 0 Å². The lowest BCUT2D eigenvalue weighted by atomic mass is 9.79. The molecule has 0 amide bonds. The van der Waals surface area contributed by atoms with Crippen molar-refractivity contribution < 1.29 is 27.7 Å². The Morgan fingerprint density at radius 2 is 1.18 bits per heavy atom. The summed E-state index contributed by atoms with van der Waals surface area (Å²) in [6.07, 6.45) is 9.84. The number of rotatable bonds is 7. The summed E-state index contributed by atoms with van der Waals surface area (Å²) in [6, 6.07) is 41.2. The van der Waals surface area contributed by atoms with Crippen molar-refractivity contribution in [3.8, 4) is 11.5 Å². The minimum atomic E-state index is -2.31. The molecule has 2 fully saturated rings. The van der Waals surface area contributed by atoms with E-state index in [9.17, 15) is 0 Å². The lowest BCUT2D eigenvalue weighted by molar-refractivity contribution is -0.866. The molecule has 61 heavy (non-hydrogen) atoms. The molecule has 3 atom stereocenters. The van der Waals surface area contributed by atoms with Gasteiger partial charge in [-0.25, -0.2) is 4.33 Å². The smallest absolute Gasteiger partial charge is 0.366 e. The lowest BCUT2D eigenvalue weighted by Crippen LogP contribution is -2.60. The molecule has 1 saturated carbocycles. The third-order valence-electron chi connectivity index (χ3n) is 12.8. The highest BCUT2D eigenvalue weighted by Crippen LogP contribution is 2.51. The molecule has 0 radical (unpaired) electrons. The van der Waals surface area contributed by atoms with Crippen molar-refractivity contribution in [2.45, 2.75) is 132 Å². The van der Waals surface area contributed by atoms with Crippen molar-refractivity contribution in [2.75, 3.05) is 13.4 Å². The van der Waals surface area contributed by atoms with Crippen LogP contribution in [0.1, 0.15) is 123 Å². The molecule has 4 aliphatic rings. The van der Waals surface area contributed by atoms with Gasteiger partial charge in [-0.15, -0.1) is 0 Å². The van der Waals surface area contributed by atoms with Crippen LogP contribution in [0.4, 0.5) is 5.69 Å². The van der Waals surface area contributed by atoms with E-state index >= 15 is 0 Å². The minimum absolute atomic E-state index is 0. The van der Waals surface area contributed by atoms with E-state index in [2.05, 4.69) is 197 Å². The van der Waals surface area contributed by atoms with E-state index in [0.29, 0.717) is 13.0 Å². The van der Waals surface area contributed by atoms with Gasteiger partial charge >= 0.3 is 6.03 Å². The van der Waals surface area contributed by atoms with Crippen LogP contribution in [0.2, 0.25) is 0 Å². The summed E-state index contributed by atoms with van der Waals surface area (Å²) in [4.78, 5) is 0. The predicted octanol–water partition coefficient (Wildman–Crippen LogP) is 12.1. The largest absolute Gasteiger partial charge is 0.704 e. The van der Waals surface area contributed by atoms with Crippen molar-refractivity contribution in [2.24, 2.45) is 0 Å². The Morgan fingerprint density at radius 3 is 1.70 bits per heavy atom. The van der Waals surface area contributed by atoms with Crippen LogP contribution < -0.4 is 20.1 Å². The molecular weight excluding hydrogens is 770 g/mol. The van der Waals surface area contributed by atoms with Gasteiger partial charge in [-0.05, 0) is 84.2 Å². The lowest BCUT2D eigenvalue weighted by Gasteiger charge is -2.33. The average Bonchev–Trinajstić information content (AvgIpc) is 3.49. The molecule has 5 aromatic rings. The Morgan fingerprint density at radius 1 is 0.672 bits per heavy atom. The van der Waals surface area contributed by atoms with Crippen LogP contribution in [0, 0.1) is 6.92 Å². The number of nitrogens with zero attached hydrogens (tertiary/aromatic N) is 3. The van der Waals surface area contributed by atoms with Gasteiger partial charge in [0.25, 0.3) is 0 Å². The maximum atomic E-state index is 7.50. The maximum Gasteiger partial charge on any atom is 0.704 e. The molecule has 6 nitrogen and oxygen atoms in total. The molecule has 1 aliphatic carbocycles. The summed E-state index contributed by atoms with van der Waals surface area (Å²) in [5, 5.41) is 2.55. The summed E-state index contributed by atoms with van der Waals surface area (Å²) in [5.41, 5.74) is 7.99. The van der Waals surface area contributed by atoms with E-state index in [0.717, 1.165) is 46.7 Å². The molecule has 1 saturated heterocycles. The number of benzene rings is 5.